The molecule has 2 fully saturated rings. The van der Waals surface area contributed by atoms with Crippen molar-refractivity contribution in [2.75, 3.05) is 25.9 Å². The zero-order valence-electron chi connectivity index (χ0n) is 8.73. The van der Waals surface area contributed by atoms with Crippen LogP contribution in [0.25, 0.3) is 0 Å². The molecule has 0 spiro atoms. The number of sulfone groups is 1. The summed E-state index contributed by atoms with van der Waals surface area (Å²) >= 11 is 0. The van der Waals surface area contributed by atoms with Crippen LogP contribution in [0.5, 0.6) is 0 Å². The fourth-order valence-corrected chi connectivity index (χ4v) is 4.53. The van der Waals surface area contributed by atoms with Gasteiger partial charge in [-0.1, -0.05) is 0 Å². The highest BCUT2D eigenvalue weighted by molar-refractivity contribution is 7.92. The molecule has 2 aliphatic heterocycles. The molecule has 2 bridgehead atoms. The van der Waals surface area contributed by atoms with Crippen molar-refractivity contribution in [3.63, 3.8) is 0 Å². The molecule has 0 aromatic carbocycles. The Morgan fingerprint density at radius 1 is 1.57 bits per heavy atom. The molecule has 2 aliphatic rings. The third-order valence-electron chi connectivity index (χ3n) is 3.42. The zero-order chi connectivity index (χ0) is 10.3. The van der Waals surface area contributed by atoms with Crippen LogP contribution in [0.1, 0.15) is 13.3 Å². The molecule has 5 heteroatoms. The molecule has 2 rings (SSSR count). The molecule has 0 aliphatic carbocycles. The smallest absolute Gasteiger partial charge is 0.156 e. The molecule has 0 aromatic rings. The molecule has 0 aromatic heterocycles. The average molecular weight is 218 g/mol. The number of hydrogen-bond donors (Lipinski definition) is 1. The van der Waals surface area contributed by atoms with Crippen LogP contribution >= 0.6 is 0 Å². The standard InChI is InChI=1S/C9H18N2O2S/c1-7(10-2)4-11-5-9-3-8(11)6-14(9,12)13/h7-10H,3-6H2,1-2H3. The summed E-state index contributed by atoms with van der Waals surface area (Å²) < 4.78 is 23.0. The Bertz CT molecular complexity index is 315. The summed E-state index contributed by atoms with van der Waals surface area (Å²) in [6, 6.07) is 0.734. The van der Waals surface area contributed by atoms with E-state index in [4.69, 9.17) is 0 Å². The molecule has 1 N–H and O–H groups in total. The lowest BCUT2D eigenvalue weighted by Gasteiger charge is -2.28. The Hall–Kier alpha value is -0.130. The van der Waals surface area contributed by atoms with Gasteiger partial charge in [-0.15, -0.1) is 0 Å². The number of hydrogen-bond acceptors (Lipinski definition) is 4. The van der Waals surface area contributed by atoms with Crippen molar-refractivity contribution in [3.05, 3.63) is 0 Å². The molecule has 0 radical (unpaired) electrons. The summed E-state index contributed by atoms with van der Waals surface area (Å²) in [5.41, 5.74) is 0. The third-order valence-corrected chi connectivity index (χ3v) is 5.63. The van der Waals surface area contributed by atoms with Crippen LogP contribution < -0.4 is 5.32 Å². The third kappa shape index (κ3) is 1.68. The van der Waals surface area contributed by atoms with Gasteiger partial charge in [0.2, 0.25) is 0 Å². The first-order valence-corrected chi connectivity index (χ1v) is 6.87. The molecule has 82 valence electrons. The maximum absolute atomic E-state index is 11.5. The van der Waals surface area contributed by atoms with Gasteiger partial charge in [-0.05, 0) is 20.4 Å². The lowest BCUT2D eigenvalue weighted by molar-refractivity contribution is 0.243. The maximum Gasteiger partial charge on any atom is 0.156 e. The Labute approximate surface area is 85.6 Å². The highest BCUT2D eigenvalue weighted by Gasteiger charge is 2.48. The molecule has 14 heavy (non-hydrogen) atoms. The van der Waals surface area contributed by atoms with E-state index in [9.17, 15) is 8.42 Å². The van der Waals surface area contributed by atoms with E-state index in [1.54, 1.807) is 0 Å². The molecule has 0 saturated carbocycles. The zero-order valence-corrected chi connectivity index (χ0v) is 9.55. The van der Waals surface area contributed by atoms with Gasteiger partial charge in [0.15, 0.2) is 9.84 Å². The van der Waals surface area contributed by atoms with Gasteiger partial charge in [-0.3, -0.25) is 4.90 Å². The second kappa shape index (κ2) is 3.47. The molecule has 2 heterocycles. The summed E-state index contributed by atoms with van der Waals surface area (Å²) in [5.74, 6) is 0.383. The number of nitrogens with one attached hydrogen (secondary N) is 1. The van der Waals surface area contributed by atoms with Crippen LogP contribution in [0, 0.1) is 0 Å². The van der Waals surface area contributed by atoms with Crippen molar-refractivity contribution in [3.8, 4) is 0 Å². The fraction of sp³-hybridized carbons (Fsp3) is 1.00. The highest BCUT2D eigenvalue weighted by atomic mass is 32.2. The Kier molecular flexibility index (Phi) is 2.57. The van der Waals surface area contributed by atoms with Crippen LogP contribution in [0.4, 0.5) is 0 Å². The van der Waals surface area contributed by atoms with E-state index in [1.165, 1.54) is 0 Å². The second-order valence-electron chi connectivity index (χ2n) is 4.48. The minimum Gasteiger partial charge on any atom is -0.316 e. The molecular formula is C9H18N2O2S. The van der Waals surface area contributed by atoms with Gasteiger partial charge in [0, 0.05) is 25.2 Å². The Balaban J connectivity index is 1.97. The van der Waals surface area contributed by atoms with Crippen LogP contribution in [-0.4, -0.2) is 56.5 Å². The van der Waals surface area contributed by atoms with Crippen molar-refractivity contribution in [1.29, 1.82) is 0 Å². The van der Waals surface area contributed by atoms with Crippen molar-refractivity contribution in [2.45, 2.75) is 30.7 Å². The van der Waals surface area contributed by atoms with Crippen LogP contribution in [0.2, 0.25) is 0 Å². The predicted molar refractivity (Wildman–Crippen MR) is 56.1 cm³/mol. The number of nitrogens with zero attached hydrogens (tertiary/aromatic N) is 1. The molecule has 0 amide bonds. The van der Waals surface area contributed by atoms with Crippen LogP contribution in [0.15, 0.2) is 0 Å². The first-order valence-electron chi connectivity index (χ1n) is 5.16. The van der Waals surface area contributed by atoms with Crippen LogP contribution in [-0.2, 0) is 9.84 Å². The maximum atomic E-state index is 11.5. The van der Waals surface area contributed by atoms with E-state index in [2.05, 4.69) is 17.1 Å². The molecular weight excluding hydrogens is 200 g/mol. The van der Waals surface area contributed by atoms with Gasteiger partial charge in [0.05, 0.1) is 11.0 Å². The summed E-state index contributed by atoms with van der Waals surface area (Å²) in [6.45, 7) is 3.84. The van der Waals surface area contributed by atoms with E-state index in [0.29, 0.717) is 17.8 Å². The van der Waals surface area contributed by atoms with Gasteiger partial charge >= 0.3 is 0 Å². The highest BCUT2D eigenvalue weighted by Crippen LogP contribution is 2.32. The van der Waals surface area contributed by atoms with Gasteiger partial charge in [0.25, 0.3) is 0 Å². The Morgan fingerprint density at radius 3 is 2.71 bits per heavy atom. The summed E-state index contributed by atoms with van der Waals surface area (Å²) in [6.07, 6.45) is 0.860. The van der Waals surface area contributed by atoms with Gasteiger partial charge in [-0.2, -0.15) is 0 Å². The Morgan fingerprint density at radius 2 is 2.29 bits per heavy atom. The SMILES string of the molecule is CNC(C)CN1CC2CC1CS2(=O)=O. The number of likely N-dealkylation sites (N-methyl/N-ethyl adjacent to an activating group) is 1. The van der Waals surface area contributed by atoms with Crippen molar-refractivity contribution < 1.29 is 8.42 Å². The van der Waals surface area contributed by atoms with E-state index < -0.39 is 9.84 Å². The monoisotopic (exact) mass is 218 g/mol. The van der Waals surface area contributed by atoms with E-state index in [0.717, 1.165) is 19.5 Å². The largest absolute Gasteiger partial charge is 0.316 e. The van der Waals surface area contributed by atoms with Gasteiger partial charge < -0.3 is 5.32 Å². The number of fused-ring (bicyclic) bond motifs is 2. The first kappa shape index (κ1) is 10.4. The first-order chi connectivity index (χ1) is 6.53. The molecule has 2 saturated heterocycles. The fourth-order valence-electron chi connectivity index (χ4n) is 2.44. The molecule has 3 unspecified atom stereocenters. The average Bonchev–Trinajstić information content (AvgIpc) is 2.59. The summed E-state index contributed by atoms with van der Waals surface area (Å²) in [4.78, 5) is 2.31. The van der Waals surface area contributed by atoms with E-state index in [-0.39, 0.29) is 5.25 Å². The second-order valence-corrected chi connectivity index (χ2v) is 6.81. The summed E-state index contributed by atoms with van der Waals surface area (Å²) in [7, 11) is -0.785. The van der Waals surface area contributed by atoms with Gasteiger partial charge in [-0.25, -0.2) is 8.42 Å². The van der Waals surface area contributed by atoms with Gasteiger partial charge in [0.1, 0.15) is 0 Å². The minimum atomic E-state index is -2.72. The predicted octanol–water partition coefficient (Wildman–Crippen LogP) is -0.534. The minimum absolute atomic E-state index is 0.0726. The van der Waals surface area contributed by atoms with Crippen LogP contribution in [0.3, 0.4) is 0 Å². The lowest BCUT2D eigenvalue weighted by atomic mass is 10.2. The topological polar surface area (TPSA) is 49.4 Å². The summed E-state index contributed by atoms with van der Waals surface area (Å²) in [5, 5.41) is 3.11. The van der Waals surface area contributed by atoms with E-state index >= 15 is 0 Å². The van der Waals surface area contributed by atoms with Crippen molar-refractivity contribution in [2.24, 2.45) is 0 Å². The number of likely N-dealkylation sites (tertiary alicyclic amines) is 1. The molecule has 3 atom stereocenters. The van der Waals surface area contributed by atoms with Crippen molar-refractivity contribution >= 4 is 9.84 Å². The normalized spacial score (nSPS) is 37.6. The van der Waals surface area contributed by atoms with E-state index in [1.807, 2.05) is 7.05 Å². The molecule has 4 nitrogen and oxygen atoms in total. The quantitative estimate of drug-likeness (QED) is 0.691. The lowest BCUT2D eigenvalue weighted by Crippen LogP contribution is -2.46. The van der Waals surface area contributed by atoms with Crippen molar-refractivity contribution in [1.82, 2.24) is 10.2 Å². The number of rotatable bonds is 3.